The van der Waals surface area contributed by atoms with Crippen molar-refractivity contribution >= 4 is 78.5 Å². The molecule has 0 N–H and O–H groups in total. The van der Waals surface area contributed by atoms with E-state index in [1.165, 1.54) is 53.3 Å². The first kappa shape index (κ1) is 32.7. The molecule has 0 saturated heterocycles. The maximum atomic E-state index is 2.48. The van der Waals surface area contributed by atoms with Crippen LogP contribution in [0.4, 0.5) is 17.1 Å². The Balaban J connectivity index is 1.25. The van der Waals surface area contributed by atoms with Gasteiger partial charge in [-0.05, 0) is 74.7 Å². The lowest BCUT2D eigenvalue weighted by atomic mass is 10.0. The number of rotatable bonds is 8. The molecule has 0 amide bonds. The van der Waals surface area contributed by atoms with Crippen molar-refractivity contribution < 1.29 is 0 Å². The molecule has 55 heavy (non-hydrogen) atoms. The molecule has 0 radical (unpaired) electrons. The van der Waals surface area contributed by atoms with Gasteiger partial charge in [-0.1, -0.05) is 182 Å². The molecular weight excluding hydrogens is 681 g/mol. The smallest absolute Gasteiger partial charge is 0.179 e. The number of hydrogen-bond donors (Lipinski definition) is 0. The number of para-hydroxylation sites is 2. The van der Waals surface area contributed by atoms with E-state index >= 15 is 0 Å². The fraction of sp³-hybridized carbons (Fsp3) is 0. The zero-order chi connectivity index (χ0) is 36.6. The molecule has 0 fully saturated rings. The van der Waals surface area contributed by atoms with Crippen molar-refractivity contribution in [2.75, 3.05) is 4.90 Å². The molecule has 9 aromatic carbocycles. The Morgan fingerprint density at radius 3 is 1.42 bits per heavy atom. The van der Waals surface area contributed by atoms with Gasteiger partial charge in [0.1, 0.15) is 0 Å². The third-order valence-electron chi connectivity index (χ3n) is 11.1. The lowest BCUT2D eigenvalue weighted by Crippen LogP contribution is -2.74. The molecule has 0 aliphatic carbocycles. The molecule has 0 spiro atoms. The van der Waals surface area contributed by atoms with E-state index in [1.54, 1.807) is 0 Å². The topological polar surface area (TPSA) is 8.17 Å². The minimum absolute atomic E-state index is 1.11. The number of fused-ring (bicyclic) bond motifs is 4. The third-order valence-corrected chi connectivity index (χ3v) is 15.9. The summed E-state index contributed by atoms with van der Waals surface area (Å²) in [6.07, 6.45) is 0. The quantitative estimate of drug-likeness (QED) is 0.112. The van der Waals surface area contributed by atoms with Gasteiger partial charge in [0.15, 0.2) is 8.07 Å². The Morgan fingerprint density at radius 1 is 0.327 bits per heavy atom. The summed E-state index contributed by atoms with van der Waals surface area (Å²) in [7, 11) is -2.70. The Hall–Kier alpha value is -6.94. The summed E-state index contributed by atoms with van der Waals surface area (Å²) in [5.41, 5.74) is 6.92. The van der Waals surface area contributed by atoms with Crippen LogP contribution in [0.3, 0.4) is 0 Å². The highest BCUT2D eigenvalue weighted by Crippen LogP contribution is 2.45. The SMILES string of the molecule is c1ccc(-n2c3ccccc3c3c(N(c4ccc([Si](c5ccccc5)(c5ccccc5)c5ccccc5)cc4)c4cccc5ccccc45)cccc32)cc1. The summed E-state index contributed by atoms with van der Waals surface area (Å²) >= 11 is 0. The van der Waals surface area contributed by atoms with Gasteiger partial charge in [-0.2, -0.15) is 0 Å². The highest BCUT2D eigenvalue weighted by atomic mass is 28.3. The van der Waals surface area contributed by atoms with E-state index < -0.39 is 8.07 Å². The van der Waals surface area contributed by atoms with E-state index in [1.807, 2.05) is 0 Å². The number of nitrogens with zero attached hydrogens (tertiary/aromatic N) is 2. The molecule has 0 aliphatic heterocycles. The van der Waals surface area contributed by atoms with Crippen molar-refractivity contribution in [3.05, 3.63) is 231 Å². The average Bonchev–Trinajstić information content (AvgIpc) is 3.61. The average molecular weight is 719 g/mol. The predicted octanol–water partition coefficient (Wildman–Crippen LogP) is 10.8. The van der Waals surface area contributed by atoms with Gasteiger partial charge in [0.05, 0.1) is 22.4 Å². The van der Waals surface area contributed by atoms with Crippen LogP contribution in [-0.2, 0) is 0 Å². The third kappa shape index (κ3) is 5.40. The second kappa shape index (κ2) is 13.8. The molecule has 10 rings (SSSR count). The van der Waals surface area contributed by atoms with Crippen LogP contribution in [0.2, 0.25) is 0 Å². The number of aromatic nitrogens is 1. The Morgan fingerprint density at radius 2 is 0.782 bits per heavy atom. The molecule has 10 aromatic rings. The molecule has 0 saturated carbocycles. The standard InChI is InChI=1S/C52H38N2Si/c1-5-21-40(22-6-1)53-49-31-16-15-30-47(49)52-50(53)33-18-34-51(52)54(48-32-17-20-39-19-13-14-29-46(39)48)41-35-37-45(38-36-41)55(42-23-7-2-8-24-42,43-25-9-3-10-26-43)44-27-11-4-12-28-44/h1-38H. The fourth-order valence-electron chi connectivity index (χ4n) is 8.78. The monoisotopic (exact) mass is 718 g/mol. The number of anilines is 3. The fourth-order valence-corrected chi connectivity index (χ4v) is 13.5. The maximum Gasteiger partial charge on any atom is 0.179 e. The zero-order valence-electron chi connectivity index (χ0n) is 30.3. The Bertz CT molecular complexity index is 2800. The maximum absolute atomic E-state index is 2.70. The first-order valence-electron chi connectivity index (χ1n) is 18.9. The van der Waals surface area contributed by atoms with E-state index in [9.17, 15) is 0 Å². The normalized spacial score (nSPS) is 11.6. The van der Waals surface area contributed by atoms with Gasteiger partial charge in [-0.15, -0.1) is 0 Å². The Labute approximate surface area is 322 Å². The second-order valence-corrected chi connectivity index (χ2v) is 17.9. The molecule has 1 aromatic heterocycles. The van der Waals surface area contributed by atoms with E-state index in [4.69, 9.17) is 0 Å². The summed E-state index contributed by atoms with van der Waals surface area (Å²) in [6, 6.07) is 84.6. The predicted molar refractivity (Wildman–Crippen MR) is 237 cm³/mol. The molecular formula is C52H38N2Si. The summed E-state index contributed by atoms with van der Waals surface area (Å²) in [4.78, 5) is 2.48. The lowest BCUT2D eigenvalue weighted by molar-refractivity contribution is 1.18. The van der Waals surface area contributed by atoms with Crippen molar-refractivity contribution in [3.63, 3.8) is 0 Å². The van der Waals surface area contributed by atoms with Crippen molar-refractivity contribution in [2.45, 2.75) is 0 Å². The minimum Gasteiger partial charge on any atom is -0.309 e. The van der Waals surface area contributed by atoms with Crippen molar-refractivity contribution in [1.29, 1.82) is 0 Å². The summed E-state index contributed by atoms with van der Waals surface area (Å²) in [5.74, 6) is 0. The van der Waals surface area contributed by atoms with Crippen LogP contribution < -0.4 is 25.6 Å². The molecule has 0 bridgehead atoms. The van der Waals surface area contributed by atoms with Crippen molar-refractivity contribution in [3.8, 4) is 5.69 Å². The molecule has 0 aliphatic rings. The van der Waals surface area contributed by atoms with Crippen LogP contribution in [0, 0.1) is 0 Å². The second-order valence-electron chi connectivity index (χ2n) is 14.1. The van der Waals surface area contributed by atoms with E-state index in [2.05, 4.69) is 240 Å². The van der Waals surface area contributed by atoms with Crippen LogP contribution in [0.15, 0.2) is 231 Å². The van der Waals surface area contributed by atoms with Gasteiger partial charge < -0.3 is 9.47 Å². The first-order valence-corrected chi connectivity index (χ1v) is 20.9. The zero-order valence-corrected chi connectivity index (χ0v) is 31.3. The molecule has 3 heteroatoms. The van der Waals surface area contributed by atoms with Gasteiger partial charge >= 0.3 is 0 Å². The Kier molecular flexibility index (Phi) is 8.20. The number of benzene rings is 9. The van der Waals surface area contributed by atoms with Gasteiger partial charge in [0.25, 0.3) is 0 Å². The summed E-state index contributed by atoms with van der Waals surface area (Å²) in [6.45, 7) is 0. The highest BCUT2D eigenvalue weighted by Gasteiger charge is 2.41. The van der Waals surface area contributed by atoms with Crippen LogP contribution in [-0.4, -0.2) is 12.6 Å². The molecule has 260 valence electrons. The van der Waals surface area contributed by atoms with E-state index in [0.29, 0.717) is 0 Å². The first-order chi connectivity index (χ1) is 27.3. The van der Waals surface area contributed by atoms with E-state index in [-0.39, 0.29) is 0 Å². The van der Waals surface area contributed by atoms with Gasteiger partial charge in [0.2, 0.25) is 0 Å². The summed E-state index contributed by atoms with van der Waals surface area (Å²) in [5, 5.41) is 10.3. The van der Waals surface area contributed by atoms with Crippen LogP contribution in [0.25, 0.3) is 38.3 Å². The molecule has 0 unspecified atom stereocenters. The number of hydrogen-bond acceptors (Lipinski definition) is 1. The molecule has 1 heterocycles. The van der Waals surface area contributed by atoms with Crippen molar-refractivity contribution in [1.82, 2.24) is 4.57 Å². The van der Waals surface area contributed by atoms with Crippen molar-refractivity contribution in [2.24, 2.45) is 0 Å². The van der Waals surface area contributed by atoms with Crippen LogP contribution >= 0.6 is 0 Å². The molecule has 0 atom stereocenters. The largest absolute Gasteiger partial charge is 0.309 e. The highest BCUT2D eigenvalue weighted by molar-refractivity contribution is 7.19. The van der Waals surface area contributed by atoms with Gasteiger partial charge in [-0.3, -0.25) is 0 Å². The lowest BCUT2D eigenvalue weighted by Gasteiger charge is -2.35. The van der Waals surface area contributed by atoms with Crippen LogP contribution in [0.5, 0.6) is 0 Å². The summed E-state index contributed by atoms with van der Waals surface area (Å²) < 4.78 is 2.40. The molecule has 2 nitrogen and oxygen atoms in total. The van der Waals surface area contributed by atoms with Gasteiger partial charge in [0, 0.05) is 27.5 Å². The minimum atomic E-state index is -2.70. The van der Waals surface area contributed by atoms with Crippen LogP contribution in [0.1, 0.15) is 0 Å². The van der Waals surface area contributed by atoms with E-state index in [0.717, 1.165) is 22.7 Å². The van der Waals surface area contributed by atoms with Gasteiger partial charge in [-0.25, -0.2) is 0 Å².